The van der Waals surface area contributed by atoms with Crippen LogP contribution in [0.2, 0.25) is 0 Å². The number of fused-ring (bicyclic) bond motifs is 1. The standard InChI is InChI=1S/C21H16F2N2O/c1-12-5-7-17(23)15(10-12)19-14-4-3-9-24-21(14)25-20(19)16-11-13(22)6-8-18(16)26-2/h3-11H,1-2H3,(H,24,25). The predicted octanol–water partition coefficient (Wildman–Crippen LogP) is 5.49. The maximum atomic E-state index is 14.7. The fraction of sp³-hybridized carbons (Fsp3) is 0.0952. The van der Waals surface area contributed by atoms with Gasteiger partial charge in [0.1, 0.15) is 23.0 Å². The van der Waals surface area contributed by atoms with E-state index >= 15 is 0 Å². The van der Waals surface area contributed by atoms with Gasteiger partial charge in [-0.15, -0.1) is 0 Å². The second-order valence-electron chi connectivity index (χ2n) is 6.10. The summed E-state index contributed by atoms with van der Waals surface area (Å²) >= 11 is 0. The van der Waals surface area contributed by atoms with E-state index in [0.717, 1.165) is 10.9 Å². The van der Waals surface area contributed by atoms with E-state index in [1.54, 1.807) is 30.5 Å². The van der Waals surface area contributed by atoms with Gasteiger partial charge in [-0.1, -0.05) is 11.6 Å². The fourth-order valence-electron chi connectivity index (χ4n) is 3.21. The van der Waals surface area contributed by atoms with E-state index < -0.39 is 5.82 Å². The van der Waals surface area contributed by atoms with Crippen molar-refractivity contribution in [2.75, 3.05) is 7.11 Å². The first-order valence-corrected chi connectivity index (χ1v) is 8.15. The first-order valence-electron chi connectivity index (χ1n) is 8.15. The van der Waals surface area contributed by atoms with Crippen molar-refractivity contribution in [3.05, 3.63) is 71.9 Å². The number of nitrogens with one attached hydrogen (secondary N) is 1. The Bertz CT molecular complexity index is 1120. The van der Waals surface area contributed by atoms with Crippen LogP contribution >= 0.6 is 0 Å². The molecule has 0 aliphatic rings. The Morgan fingerprint density at radius 2 is 1.85 bits per heavy atom. The van der Waals surface area contributed by atoms with E-state index in [1.807, 2.05) is 13.0 Å². The molecule has 0 fully saturated rings. The van der Waals surface area contributed by atoms with Gasteiger partial charge in [0.05, 0.1) is 12.8 Å². The zero-order chi connectivity index (χ0) is 18.3. The van der Waals surface area contributed by atoms with Crippen LogP contribution < -0.4 is 4.74 Å². The van der Waals surface area contributed by atoms with Gasteiger partial charge in [0.15, 0.2) is 0 Å². The van der Waals surface area contributed by atoms with Gasteiger partial charge in [-0.2, -0.15) is 0 Å². The number of nitrogens with zero attached hydrogens (tertiary/aromatic N) is 1. The first kappa shape index (κ1) is 16.3. The molecule has 0 aliphatic heterocycles. The quantitative estimate of drug-likeness (QED) is 0.530. The predicted molar refractivity (Wildman–Crippen MR) is 98.2 cm³/mol. The molecule has 2 aromatic heterocycles. The molecule has 0 atom stereocenters. The third kappa shape index (κ3) is 2.62. The Kier molecular flexibility index (Phi) is 3.92. The number of aryl methyl sites for hydroxylation is 1. The molecule has 0 spiro atoms. The summed E-state index contributed by atoms with van der Waals surface area (Å²) in [5.74, 6) is -0.257. The van der Waals surface area contributed by atoms with Crippen molar-refractivity contribution in [1.29, 1.82) is 0 Å². The Hall–Kier alpha value is -3.21. The third-order valence-corrected chi connectivity index (χ3v) is 4.39. The molecular weight excluding hydrogens is 334 g/mol. The fourth-order valence-corrected chi connectivity index (χ4v) is 3.21. The molecule has 4 rings (SSSR count). The van der Waals surface area contributed by atoms with Gasteiger partial charge in [-0.25, -0.2) is 13.8 Å². The summed E-state index contributed by atoms with van der Waals surface area (Å²) < 4.78 is 34.0. The average Bonchev–Trinajstić information content (AvgIpc) is 3.03. The highest BCUT2D eigenvalue weighted by Gasteiger charge is 2.21. The Labute approximate surface area is 149 Å². The van der Waals surface area contributed by atoms with Crippen LogP contribution in [0.4, 0.5) is 8.78 Å². The van der Waals surface area contributed by atoms with E-state index in [-0.39, 0.29) is 5.82 Å². The minimum Gasteiger partial charge on any atom is -0.496 e. The molecule has 2 aromatic carbocycles. The van der Waals surface area contributed by atoms with Gasteiger partial charge in [0.2, 0.25) is 0 Å². The Balaban J connectivity index is 2.12. The lowest BCUT2D eigenvalue weighted by Gasteiger charge is -2.11. The average molecular weight is 350 g/mol. The molecule has 1 N–H and O–H groups in total. The number of H-pyrrole nitrogens is 1. The molecule has 5 heteroatoms. The number of aromatic amines is 1. The SMILES string of the molecule is COc1ccc(F)cc1-c1[nH]c2ncccc2c1-c1cc(C)ccc1F. The second kappa shape index (κ2) is 6.26. The molecule has 4 aromatic rings. The zero-order valence-corrected chi connectivity index (χ0v) is 14.3. The smallest absolute Gasteiger partial charge is 0.138 e. The molecule has 0 saturated heterocycles. The van der Waals surface area contributed by atoms with Gasteiger partial charge in [0, 0.05) is 28.3 Å². The van der Waals surface area contributed by atoms with Crippen molar-refractivity contribution < 1.29 is 13.5 Å². The highest BCUT2D eigenvalue weighted by molar-refractivity contribution is 6.03. The van der Waals surface area contributed by atoms with Crippen LogP contribution in [0.25, 0.3) is 33.4 Å². The molecule has 0 saturated carbocycles. The van der Waals surface area contributed by atoms with Crippen molar-refractivity contribution in [2.24, 2.45) is 0 Å². The van der Waals surface area contributed by atoms with Crippen molar-refractivity contribution in [3.63, 3.8) is 0 Å². The normalized spacial score (nSPS) is 11.1. The molecule has 0 bridgehead atoms. The van der Waals surface area contributed by atoms with Crippen LogP contribution in [-0.2, 0) is 0 Å². The van der Waals surface area contributed by atoms with Gasteiger partial charge >= 0.3 is 0 Å². The number of rotatable bonds is 3. The van der Waals surface area contributed by atoms with Gasteiger partial charge in [-0.3, -0.25) is 0 Å². The molecule has 3 nitrogen and oxygen atoms in total. The van der Waals surface area contributed by atoms with Crippen molar-refractivity contribution in [3.8, 4) is 28.1 Å². The largest absolute Gasteiger partial charge is 0.496 e. The van der Waals surface area contributed by atoms with Crippen LogP contribution in [0.1, 0.15) is 5.56 Å². The van der Waals surface area contributed by atoms with Gasteiger partial charge in [-0.05, 0) is 49.4 Å². The minimum absolute atomic E-state index is 0.350. The van der Waals surface area contributed by atoms with E-state index in [2.05, 4.69) is 9.97 Å². The van der Waals surface area contributed by atoms with Gasteiger partial charge in [0.25, 0.3) is 0 Å². The molecule has 130 valence electrons. The van der Waals surface area contributed by atoms with E-state index in [0.29, 0.717) is 33.8 Å². The number of hydrogen-bond donors (Lipinski definition) is 1. The van der Waals surface area contributed by atoms with Crippen molar-refractivity contribution in [2.45, 2.75) is 6.92 Å². The molecule has 0 aliphatic carbocycles. The summed E-state index contributed by atoms with van der Waals surface area (Å²) in [5.41, 5.74) is 3.69. The topological polar surface area (TPSA) is 37.9 Å². The summed E-state index contributed by atoms with van der Waals surface area (Å²) in [6, 6.07) is 12.9. The van der Waals surface area contributed by atoms with E-state index in [9.17, 15) is 8.78 Å². The lowest BCUT2D eigenvalue weighted by molar-refractivity contribution is 0.415. The van der Waals surface area contributed by atoms with Crippen LogP contribution in [0.3, 0.4) is 0 Å². The number of aromatic nitrogens is 2. The van der Waals surface area contributed by atoms with Crippen LogP contribution in [0.15, 0.2) is 54.7 Å². The molecule has 0 unspecified atom stereocenters. The summed E-state index contributed by atoms with van der Waals surface area (Å²) in [4.78, 5) is 7.53. The van der Waals surface area contributed by atoms with Crippen LogP contribution in [0.5, 0.6) is 5.75 Å². The lowest BCUT2D eigenvalue weighted by Crippen LogP contribution is -1.92. The number of benzene rings is 2. The molecule has 2 heterocycles. The maximum absolute atomic E-state index is 14.7. The van der Waals surface area contributed by atoms with Crippen LogP contribution in [0, 0.1) is 18.6 Å². The number of pyridine rings is 1. The zero-order valence-electron chi connectivity index (χ0n) is 14.3. The summed E-state index contributed by atoms with van der Waals surface area (Å²) in [6.45, 7) is 1.90. The highest BCUT2D eigenvalue weighted by atomic mass is 19.1. The summed E-state index contributed by atoms with van der Waals surface area (Å²) in [5, 5.41) is 0.762. The van der Waals surface area contributed by atoms with E-state index in [1.165, 1.54) is 25.3 Å². The highest BCUT2D eigenvalue weighted by Crippen LogP contribution is 2.42. The number of hydrogen-bond acceptors (Lipinski definition) is 2. The number of halogens is 2. The number of ether oxygens (including phenoxy) is 1. The second-order valence-corrected chi connectivity index (χ2v) is 6.10. The monoisotopic (exact) mass is 350 g/mol. The summed E-state index contributed by atoms with van der Waals surface area (Å²) in [6.07, 6.45) is 1.65. The lowest BCUT2D eigenvalue weighted by atomic mass is 9.96. The number of methoxy groups -OCH3 is 1. The minimum atomic E-state index is -0.400. The molecule has 0 amide bonds. The van der Waals surface area contributed by atoms with Gasteiger partial charge < -0.3 is 9.72 Å². The first-order chi connectivity index (χ1) is 12.6. The third-order valence-electron chi connectivity index (χ3n) is 4.39. The molecule has 26 heavy (non-hydrogen) atoms. The van der Waals surface area contributed by atoms with Crippen molar-refractivity contribution in [1.82, 2.24) is 9.97 Å². The van der Waals surface area contributed by atoms with E-state index in [4.69, 9.17) is 4.74 Å². The summed E-state index contributed by atoms with van der Waals surface area (Å²) in [7, 11) is 1.52. The molecule has 0 radical (unpaired) electrons. The molecular formula is C21H16F2N2O. The van der Waals surface area contributed by atoms with Crippen LogP contribution in [-0.4, -0.2) is 17.1 Å². The Morgan fingerprint density at radius 3 is 2.65 bits per heavy atom. The maximum Gasteiger partial charge on any atom is 0.138 e. The Morgan fingerprint density at radius 1 is 1.00 bits per heavy atom. The van der Waals surface area contributed by atoms with Crippen molar-refractivity contribution >= 4 is 11.0 Å².